The lowest BCUT2D eigenvalue weighted by Gasteiger charge is -2.28. The smallest absolute Gasteiger partial charge is 0.338 e. The molecule has 8 heteroatoms. The minimum atomic E-state index is -0.675. The van der Waals surface area contributed by atoms with Crippen LogP contribution in [0.15, 0.2) is 29.5 Å². The molecule has 0 radical (unpaired) electrons. The molecular formula is C14H13Cl3N2O3. The van der Waals surface area contributed by atoms with Crippen LogP contribution in [0.5, 0.6) is 0 Å². The van der Waals surface area contributed by atoms with Gasteiger partial charge >= 0.3 is 12.0 Å². The predicted octanol–water partition coefficient (Wildman–Crippen LogP) is 3.40. The van der Waals surface area contributed by atoms with Crippen LogP contribution in [-0.2, 0) is 9.53 Å². The number of hydrogen-bond acceptors (Lipinski definition) is 3. The average Bonchev–Trinajstić information content (AvgIpc) is 2.46. The van der Waals surface area contributed by atoms with Crippen molar-refractivity contribution in [1.82, 2.24) is 10.6 Å². The van der Waals surface area contributed by atoms with Gasteiger partial charge in [-0.25, -0.2) is 9.59 Å². The minimum absolute atomic E-state index is 0.0825. The van der Waals surface area contributed by atoms with Gasteiger partial charge in [0, 0.05) is 5.70 Å². The molecule has 0 saturated heterocycles. The Morgan fingerprint density at radius 1 is 1.32 bits per heavy atom. The minimum Gasteiger partial charge on any atom is -0.461 e. The molecule has 0 spiro atoms. The van der Waals surface area contributed by atoms with Crippen molar-refractivity contribution in [3.8, 4) is 0 Å². The molecule has 0 aromatic heterocycles. The molecule has 1 heterocycles. The molecule has 2 amide bonds. The van der Waals surface area contributed by atoms with E-state index in [0.29, 0.717) is 26.9 Å². The number of ether oxygens (including phenoxy) is 1. The second-order valence-corrected chi connectivity index (χ2v) is 5.76. The van der Waals surface area contributed by atoms with Crippen molar-refractivity contribution in [1.29, 1.82) is 0 Å². The molecule has 1 aliphatic rings. The van der Waals surface area contributed by atoms with E-state index in [9.17, 15) is 9.59 Å². The first-order valence-electron chi connectivity index (χ1n) is 6.40. The van der Waals surface area contributed by atoms with E-state index < -0.39 is 18.0 Å². The van der Waals surface area contributed by atoms with E-state index >= 15 is 0 Å². The highest BCUT2D eigenvalue weighted by atomic mass is 35.5. The number of carbonyl (C=O) groups excluding carboxylic acids is 2. The number of allylic oxidation sites excluding steroid dienone is 1. The van der Waals surface area contributed by atoms with E-state index in [1.54, 1.807) is 25.1 Å². The predicted molar refractivity (Wildman–Crippen MR) is 85.2 cm³/mol. The van der Waals surface area contributed by atoms with Gasteiger partial charge in [0.2, 0.25) is 0 Å². The Bertz CT molecular complexity index is 646. The van der Waals surface area contributed by atoms with Crippen LogP contribution >= 0.6 is 34.8 Å². The molecular weight excluding hydrogens is 351 g/mol. The van der Waals surface area contributed by atoms with E-state index in [4.69, 9.17) is 39.5 Å². The Morgan fingerprint density at radius 2 is 2.05 bits per heavy atom. The summed E-state index contributed by atoms with van der Waals surface area (Å²) < 4.78 is 5.06. The third kappa shape index (κ3) is 3.66. The molecule has 118 valence electrons. The first-order valence-corrected chi connectivity index (χ1v) is 7.69. The van der Waals surface area contributed by atoms with Gasteiger partial charge in [0.15, 0.2) is 0 Å². The van der Waals surface area contributed by atoms with Gasteiger partial charge in [-0.2, -0.15) is 0 Å². The SMILES string of the molecule is CC1=C(C(=O)OCCCl)[C@H](c2ccc(Cl)c(Cl)c2)NC(=O)N1. The molecule has 2 rings (SSSR count). The van der Waals surface area contributed by atoms with Crippen LogP contribution in [0, 0.1) is 0 Å². The van der Waals surface area contributed by atoms with Crippen LogP contribution in [-0.4, -0.2) is 24.5 Å². The highest BCUT2D eigenvalue weighted by molar-refractivity contribution is 6.42. The zero-order valence-corrected chi connectivity index (χ0v) is 13.9. The third-order valence-corrected chi connectivity index (χ3v) is 3.97. The van der Waals surface area contributed by atoms with Gasteiger partial charge < -0.3 is 15.4 Å². The van der Waals surface area contributed by atoms with E-state index in [-0.39, 0.29) is 12.5 Å². The molecule has 22 heavy (non-hydrogen) atoms. The maximum Gasteiger partial charge on any atom is 0.338 e. The van der Waals surface area contributed by atoms with Crippen LogP contribution in [0.4, 0.5) is 4.79 Å². The van der Waals surface area contributed by atoms with Gasteiger partial charge in [-0.15, -0.1) is 11.6 Å². The molecule has 0 aliphatic carbocycles. The Hall–Kier alpha value is -1.43. The number of rotatable bonds is 4. The van der Waals surface area contributed by atoms with Crippen LogP contribution in [0.3, 0.4) is 0 Å². The van der Waals surface area contributed by atoms with Gasteiger partial charge in [-0.1, -0.05) is 29.3 Å². The average molecular weight is 364 g/mol. The summed E-state index contributed by atoms with van der Waals surface area (Å²) in [6.07, 6.45) is 0. The van der Waals surface area contributed by atoms with Gasteiger partial charge in [-0.3, -0.25) is 0 Å². The van der Waals surface area contributed by atoms with Crippen molar-refractivity contribution in [2.24, 2.45) is 0 Å². The molecule has 1 aromatic carbocycles. The summed E-state index contributed by atoms with van der Waals surface area (Å²) in [5.74, 6) is -0.364. The summed E-state index contributed by atoms with van der Waals surface area (Å²) in [4.78, 5) is 23.9. The quantitative estimate of drug-likeness (QED) is 0.636. The number of halogens is 3. The molecule has 1 aromatic rings. The summed E-state index contributed by atoms with van der Waals surface area (Å²) in [5.41, 5.74) is 1.34. The number of urea groups is 1. The first kappa shape index (κ1) is 16.9. The summed E-state index contributed by atoms with van der Waals surface area (Å²) >= 11 is 17.4. The van der Waals surface area contributed by atoms with Crippen molar-refractivity contribution in [2.75, 3.05) is 12.5 Å². The summed E-state index contributed by atoms with van der Waals surface area (Å²) in [6.45, 7) is 1.71. The third-order valence-electron chi connectivity index (χ3n) is 3.08. The van der Waals surface area contributed by atoms with Crippen LogP contribution in [0.2, 0.25) is 10.0 Å². The molecule has 1 atom stereocenters. The van der Waals surface area contributed by atoms with Crippen molar-refractivity contribution in [2.45, 2.75) is 13.0 Å². The molecule has 0 fully saturated rings. The van der Waals surface area contributed by atoms with Crippen molar-refractivity contribution >= 4 is 46.8 Å². The van der Waals surface area contributed by atoms with Crippen LogP contribution in [0.1, 0.15) is 18.5 Å². The Balaban J connectivity index is 2.40. The summed E-state index contributed by atoms with van der Waals surface area (Å²) in [6, 6.07) is 3.80. The monoisotopic (exact) mass is 362 g/mol. The Morgan fingerprint density at radius 3 is 2.68 bits per heavy atom. The van der Waals surface area contributed by atoms with Gasteiger partial charge in [0.1, 0.15) is 6.61 Å². The van der Waals surface area contributed by atoms with Crippen LogP contribution < -0.4 is 10.6 Å². The molecule has 2 N–H and O–H groups in total. The summed E-state index contributed by atoms with van der Waals surface area (Å²) in [7, 11) is 0. The lowest BCUT2D eigenvalue weighted by Crippen LogP contribution is -2.45. The fraction of sp³-hybridized carbons (Fsp3) is 0.286. The van der Waals surface area contributed by atoms with E-state index in [0.717, 1.165) is 0 Å². The number of nitrogens with one attached hydrogen (secondary N) is 2. The molecule has 1 aliphatic heterocycles. The first-order chi connectivity index (χ1) is 10.4. The normalized spacial score (nSPS) is 17.8. The number of alkyl halides is 1. The van der Waals surface area contributed by atoms with Gasteiger partial charge in [0.05, 0.1) is 27.5 Å². The molecule has 0 bridgehead atoms. The largest absolute Gasteiger partial charge is 0.461 e. The number of carbonyl (C=O) groups is 2. The Kier molecular flexibility index (Phi) is 5.56. The fourth-order valence-corrected chi connectivity index (χ4v) is 2.50. The van der Waals surface area contributed by atoms with Crippen molar-refractivity contribution in [3.63, 3.8) is 0 Å². The lowest BCUT2D eigenvalue weighted by molar-refractivity contribution is -0.139. The number of amides is 2. The molecule has 0 unspecified atom stereocenters. The fourth-order valence-electron chi connectivity index (χ4n) is 2.12. The van der Waals surface area contributed by atoms with Crippen LogP contribution in [0.25, 0.3) is 0 Å². The highest BCUT2D eigenvalue weighted by Crippen LogP contribution is 2.31. The van der Waals surface area contributed by atoms with Crippen molar-refractivity contribution in [3.05, 3.63) is 45.1 Å². The number of benzene rings is 1. The second-order valence-electron chi connectivity index (χ2n) is 4.57. The number of hydrogen-bond donors (Lipinski definition) is 2. The maximum absolute atomic E-state index is 12.2. The zero-order chi connectivity index (χ0) is 16.3. The van der Waals surface area contributed by atoms with E-state index in [2.05, 4.69) is 10.6 Å². The Labute approximate surface area is 142 Å². The number of esters is 1. The summed E-state index contributed by atoms with van der Waals surface area (Å²) in [5, 5.41) is 5.94. The lowest BCUT2D eigenvalue weighted by atomic mass is 9.95. The highest BCUT2D eigenvalue weighted by Gasteiger charge is 2.32. The van der Waals surface area contributed by atoms with Gasteiger partial charge in [-0.05, 0) is 24.6 Å². The molecule has 5 nitrogen and oxygen atoms in total. The van der Waals surface area contributed by atoms with E-state index in [1.807, 2.05) is 0 Å². The van der Waals surface area contributed by atoms with Crippen molar-refractivity contribution < 1.29 is 14.3 Å². The topological polar surface area (TPSA) is 67.4 Å². The van der Waals surface area contributed by atoms with E-state index in [1.165, 1.54) is 0 Å². The zero-order valence-electron chi connectivity index (χ0n) is 11.6. The van der Waals surface area contributed by atoms with Gasteiger partial charge in [0.25, 0.3) is 0 Å². The second kappa shape index (κ2) is 7.22. The standard InChI is InChI=1S/C14H13Cl3N2O3/c1-7-11(13(20)22-5-4-15)12(19-14(21)18-7)8-2-3-9(16)10(17)6-8/h2-3,6,12H,4-5H2,1H3,(H2,18,19,21)/t12-/m0/s1. The molecule has 0 saturated carbocycles. The maximum atomic E-state index is 12.2.